The second kappa shape index (κ2) is 10.8. The minimum absolute atomic E-state index is 0.130. The normalized spacial score (nSPS) is 20.6. The molecule has 7 nitrogen and oxygen atoms in total. The Morgan fingerprint density at radius 1 is 1.03 bits per heavy atom. The van der Waals surface area contributed by atoms with Crippen molar-refractivity contribution >= 4 is 17.4 Å². The molecule has 7 heteroatoms. The molecule has 34 heavy (non-hydrogen) atoms. The molecule has 0 bridgehead atoms. The molecule has 180 valence electrons. The van der Waals surface area contributed by atoms with Crippen molar-refractivity contribution < 1.29 is 24.2 Å². The number of ketones is 1. The van der Waals surface area contributed by atoms with Gasteiger partial charge in [0.05, 0.1) is 31.9 Å². The number of hydrogen-bond acceptors (Lipinski definition) is 6. The van der Waals surface area contributed by atoms with Gasteiger partial charge in [-0.2, -0.15) is 0 Å². The number of aryl methyl sites for hydroxylation is 1. The number of nitrogens with zero attached hydrogens (tertiary/aromatic N) is 2. The van der Waals surface area contributed by atoms with E-state index in [0.29, 0.717) is 17.9 Å². The highest BCUT2D eigenvalue weighted by Gasteiger charge is 2.45. The summed E-state index contributed by atoms with van der Waals surface area (Å²) >= 11 is 0. The highest BCUT2D eigenvalue weighted by Crippen LogP contribution is 2.39. The van der Waals surface area contributed by atoms with Gasteiger partial charge < -0.3 is 19.5 Å². The molecule has 1 amide bonds. The molecule has 2 aromatic rings. The van der Waals surface area contributed by atoms with Gasteiger partial charge in [-0.05, 0) is 48.2 Å². The van der Waals surface area contributed by atoms with E-state index in [1.54, 1.807) is 36.3 Å². The molecule has 1 N–H and O–H groups in total. The smallest absolute Gasteiger partial charge is 0.295 e. The third-order valence-electron chi connectivity index (χ3n) is 6.58. The first kappa shape index (κ1) is 24.0. The molecule has 2 fully saturated rings. The van der Waals surface area contributed by atoms with Gasteiger partial charge in [0.1, 0.15) is 11.5 Å². The molecule has 2 aliphatic heterocycles. The second-order valence-corrected chi connectivity index (χ2v) is 8.62. The molecule has 1 atom stereocenters. The number of carbonyl (C=O) groups excluding carboxylic acids is 2. The maximum atomic E-state index is 13.2. The quantitative estimate of drug-likeness (QED) is 0.367. The van der Waals surface area contributed by atoms with E-state index in [0.717, 1.165) is 51.3 Å². The number of Topliss-reactive ketones (excluding diaryl/α,β-unsaturated/α-hetero) is 1. The Morgan fingerprint density at radius 3 is 2.32 bits per heavy atom. The average Bonchev–Trinajstić information content (AvgIpc) is 3.14. The second-order valence-electron chi connectivity index (χ2n) is 8.62. The molecule has 0 radical (unpaired) electrons. The Labute approximate surface area is 200 Å². The van der Waals surface area contributed by atoms with Crippen LogP contribution in [0.3, 0.4) is 0 Å². The lowest BCUT2D eigenvalue weighted by molar-refractivity contribution is -0.140. The standard InChI is InChI=1S/C27H32N2O5/c1-3-19-5-7-20(8-6-19)24-23(25(30)21-9-11-22(33-2)12-10-21)26(31)27(32)29(24)14-4-13-28-15-17-34-18-16-28/h5-12,24,30H,3-4,13-18H2,1-2H3. The number of aliphatic hydroxyl groups is 1. The average molecular weight is 465 g/mol. The SMILES string of the molecule is CCc1ccc(C2C(=C(O)c3ccc(OC)cc3)C(=O)C(=O)N2CCCN2CCOCC2)cc1. The third kappa shape index (κ3) is 5.00. The number of morpholine rings is 1. The van der Waals surface area contributed by atoms with Crippen LogP contribution in [-0.2, 0) is 20.7 Å². The van der Waals surface area contributed by atoms with Crippen molar-refractivity contribution in [2.24, 2.45) is 0 Å². The summed E-state index contributed by atoms with van der Waals surface area (Å²) in [6.07, 6.45) is 1.63. The molecule has 2 aromatic carbocycles. The fourth-order valence-electron chi connectivity index (χ4n) is 4.59. The van der Waals surface area contributed by atoms with Crippen molar-refractivity contribution in [1.82, 2.24) is 9.80 Å². The molecule has 0 aliphatic carbocycles. The Kier molecular flexibility index (Phi) is 7.65. The number of benzene rings is 2. The Hall–Kier alpha value is -3.16. The van der Waals surface area contributed by atoms with E-state index in [1.165, 1.54) is 5.56 Å². The third-order valence-corrected chi connectivity index (χ3v) is 6.58. The van der Waals surface area contributed by atoms with Gasteiger partial charge in [-0.25, -0.2) is 0 Å². The molecule has 0 aromatic heterocycles. The zero-order valence-corrected chi connectivity index (χ0v) is 19.8. The highest BCUT2D eigenvalue weighted by atomic mass is 16.5. The summed E-state index contributed by atoms with van der Waals surface area (Å²) in [6, 6.07) is 14.1. The van der Waals surface area contributed by atoms with Crippen molar-refractivity contribution in [2.45, 2.75) is 25.8 Å². The Morgan fingerprint density at radius 2 is 1.71 bits per heavy atom. The first-order chi connectivity index (χ1) is 16.5. The Balaban J connectivity index is 1.66. The summed E-state index contributed by atoms with van der Waals surface area (Å²) in [7, 11) is 1.57. The predicted octanol–water partition coefficient (Wildman–Crippen LogP) is 3.40. The number of ether oxygens (including phenoxy) is 2. The van der Waals surface area contributed by atoms with Crippen molar-refractivity contribution in [3.05, 3.63) is 70.8 Å². The van der Waals surface area contributed by atoms with Crippen LogP contribution < -0.4 is 4.74 Å². The number of aliphatic hydroxyl groups excluding tert-OH is 1. The topological polar surface area (TPSA) is 79.3 Å². The van der Waals surface area contributed by atoms with E-state index in [4.69, 9.17) is 9.47 Å². The number of hydrogen-bond donors (Lipinski definition) is 1. The van der Waals surface area contributed by atoms with Crippen LogP contribution in [-0.4, -0.2) is 73.1 Å². The number of carbonyl (C=O) groups is 2. The number of amides is 1. The zero-order valence-electron chi connectivity index (χ0n) is 19.8. The lowest BCUT2D eigenvalue weighted by Gasteiger charge is -2.29. The molecule has 0 saturated carbocycles. The molecule has 2 heterocycles. The van der Waals surface area contributed by atoms with Crippen molar-refractivity contribution in [3.8, 4) is 5.75 Å². The molecule has 2 aliphatic rings. The van der Waals surface area contributed by atoms with Crippen molar-refractivity contribution in [1.29, 1.82) is 0 Å². The summed E-state index contributed by atoms with van der Waals surface area (Å²) in [5, 5.41) is 11.2. The van der Waals surface area contributed by atoms with E-state index in [1.807, 2.05) is 24.3 Å². The summed E-state index contributed by atoms with van der Waals surface area (Å²) in [4.78, 5) is 30.2. The minimum Gasteiger partial charge on any atom is -0.507 e. The number of likely N-dealkylation sites (tertiary alicyclic amines) is 1. The van der Waals surface area contributed by atoms with Gasteiger partial charge in [0.25, 0.3) is 11.7 Å². The fraction of sp³-hybridized carbons (Fsp3) is 0.407. The van der Waals surface area contributed by atoms with Crippen molar-refractivity contribution in [2.75, 3.05) is 46.5 Å². The molecule has 0 spiro atoms. The monoisotopic (exact) mass is 464 g/mol. The molecular formula is C27H32N2O5. The fourth-order valence-corrected chi connectivity index (χ4v) is 4.59. The van der Waals surface area contributed by atoms with Crippen LogP contribution in [0.4, 0.5) is 0 Å². The van der Waals surface area contributed by atoms with Crippen LogP contribution in [0.1, 0.15) is 36.1 Å². The lowest BCUT2D eigenvalue weighted by Crippen LogP contribution is -2.38. The van der Waals surface area contributed by atoms with Crippen LogP contribution in [0.15, 0.2) is 54.1 Å². The molecule has 1 unspecified atom stereocenters. The summed E-state index contributed by atoms with van der Waals surface area (Å²) in [5.41, 5.74) is 2.59. The Bertz CT molecular complexity index is 1040. The largest absolute Gasteiger partial charge is 0.507 e. The van der Waals surface area contributed by atoms with Crippen LogP contribution in [0.5, 0.6) is 5.75 Å². The van der Waals surface area contributed by atoms with Gasteiger partial charge in [-0.15, -0.1) is 0 Å². The van der Waals surface area contributed by atoms with Gasteiger partial charge in [-0.3, -0.25) is 14.5 Å². The first-order valence-corrected chi connectivity index (χ1v) is 11.8. The zero-order chi connectivity index (χ0) is 24.1. The molecule has 2 saturated heterocycles. The van der Waals surface area contributed by atoms with E-state index in [2.05, 4.69) is 11.8 Å². The van der Waals surface area contributed by atoms with Gasteiger partial charge >= 0.3 is 0 Å². The summed E-state index contributed by atoms with van der Waals surface area (Å²) in [5.74, 6) is -0.737. The van der Waals surface area contributed by atoms with Crippen LogP contribution in [0, 0.1) is 0 Å². The molecule has 4 rings (SSSR count). The maximum absolute atomic E-state index is 13.2. The van der Waals surface area contributed by atoms with Gasteiger partial charge in [-0.1, -0.05) is 31.2 Å². The van der Waals surface area contributed by atoms with Gasteiger partial charge in [0.2, 0.25) is 0 Å². The van der Waals surface area contributed by atoms with E-state index in [-0.39, 0.29) is 11.3 Å². The van der Waals surface area contributed by atoms with E-state index >= 15 is 0 Å². The van der Waals surface area contributed by atoms with Gasteiger partial charge in [0.15, 0.2) is 0 Å². The summed E-state index contributed by atoms with van der Waals surface area (Å²) < 4.78 is 10.6. The maximum Gasteiger partial charge on any atom is 0.295 e. The van der Waals surface area contributed by atoms with E-state index in [9.17, 15) is 14.7 Å². The van der Waals surface area contributed by atoms with Gasteiger partial charge in [0, 0.05) is 31.7 Å². The molecular weight excluding hydrogens is 432 g/mol. The van der Waals surface area contributed by atoms with E-state index < -0.39 is 17.7 Å². The highest BCUT2D eigenvalue weighted by molar-refractivity contribution is 6.46. The number of rotatable bonds is 8. The predicted molar refractivity (Wildman–Crippen MR) is 130 cm³/mol. The van der Waals surface area contributed by atoms with Crippen LogP contribution >= 0.6 is 0 Å². The van der Waals surface area contributed by atoms with Crippen LogP contribution in [0.25, 0.3) is 5.76 Å². The lowest BCUT2D eigenvalue weighted by atomic mass is 9.94. The van der Waals surface area contributed by atoms with Crippen molar-refractivity contribution in [3.63, 3.8) is 0 Å². The summed E-state index contributed by atoms with van der Waals surface area (Å²) in [6.45, 7) is 6.52. The first-order valence-electron chi connectivity index (χ1n) is 11.8. The van der Waals surface area contributed by atoms with Crippen LogP contribution in [0.2, 0.25) is 0 Å². The number of methoxy groups -OCH3 is 1. The minimum atomic E-state index is -0.649.